The summed E-state index contributed by atoms with van der Waals surface area (Å²) in [6.07, 6.45) is 4.34. The minimum Gasteiger partial charge on any atom is -0.351 e. The van der Waals surface area contributed by atoms with Crippen molar-refractivity contribution in [2.75, 3.05) is 0 Å². The van der Waals surface area contributed by atoms with Crippen molar-refractivity contribution >= 4 is 49.3 Å². The molecule has 2 aromatic heterocycles. The number of carbonyl (C=O) groups is 2. The first kappa shape index (κ1) is 19.8. The van der Waals surface area contributed by atoms with Gasteiger partial charge in [0.15, 0.2) is 0 Å². The molecule has 3 aromatic rings. The van der Waals surface area contributed by atoms with Gasteiger partial charge in [0.25, 0.3) is 5.91 Å². The van der Waals surface area contributed by atoms with Gasteiger partial charge in [0.2, 0.25) is 5.91 Å². The summed E-state index contributed by atoms with van der Waals surface area (Å²) in [5, 5.41) is 5.28. The molecule has 1 N–H and O–H groups in total. The molecule has 5 rings (SSSR count). The normalized spacial score (nSPS) is 21.9. The van der Waals surface area contributed by atoms with Crippen molar-refractivity contribution in [2.24, 2.45) is 0 Å². The van der Waals surface area contributed by atoms with Gasteiger partial charge >= 0.3 is 0 Å². The molecule has 1 atom stereocenters. The van der Waals surface area contributed by atoms with Gasteiger partial charge < -0.3 is 14.8 Å². The molecule has 0 radical (unpaired) electrons. The number of hydrogen-bond donors (Lipinski definition) is 1. The fourth-order valence-electron chi connectivity index (χ4n) is 4.75. The largest absolute Gasteiger partial charge is 0.351 e. The van der Waals surface area contributed by atoms with E-state index < -0.39 is 5.54 Å². The second kappa shape index (κ2) is 7.54. The quantitative estimate of drug-likeness (QED) is 0.568. The predicted octanol–water partition coefficient (Wildman–Crippen LogP) is 4.94. The summed E-state index contributed by atoms with van der Waals surface area (Å²) in [5.41, 5.74) is 1.74. The number of thiophene rings is 1. The lowest BCUT2D eigenvalue weighted by Crippen LogP contribution is -2.64. The van der Waals surface area contributed by atoms with E-state index >= 15 is 0 Å². The molecular formula is C23H24BrN3O2S. The molecule has 3 heterocycles. The Kier molecular flexibility index (Phi) is 4.98. The lowest BCUT2D eigenvalue weighted by atomic mass is 9.93. The Hall–Kier alpha value is -2.12. The van der Waals surface area contributed by atoms with Crippen LogP contribution in [0.3, 0.4) is 0 Å². The van der Waals surface area contributed by atoms with Crippen LogP contribution in [0.4, 0.5) is 0 Å². The van der Waals surface area contributed by atoms with E-state index in [2.05, 4.69) is 21.2 Å². The molecule has 1 saturated carbocycles. The summed E-state index contributed by atoms with van der Waals surface area (Å²) in [5.74, 6) is -0.144. The van der Waals surface area contributed by atoms with Crippen LogP contribution in [0.25, 0.3) is 10.2 Å². The monoisotopic (exact) mass is 485 g/mol. The Morgan fingerprint density at radius 3 is 2.83 bits per heavy atom. The lowest BCUT2D eigenvalue weighted by molar-refractivity contribution is -0.133. The van der Waals surface area contributed by atoms with E-state index in [9.17, 15) is 9.59 Å². The van der Waals surface area contributed by atoms with Gasteiger partial charge in [0.1, 0.15) is 11.2 Å². The maximum atomic E-state index is 13.6. The van der Waals surface area contributed by atoms with Crippen LogP contribution < -0.4 is 5.32 Å². The average molecular weight is 486 g/mol. The maximum absolute atomic E-state index is 13.6. The maximum Gasteiger partial charge on any atom is 0.271 e. The molecule has 5 nitrogen and oxygen atoms in total. The second-order valence-electron chi connectivity index (χ2n) is 8.54. The summed E-state index contributed by atoms with van der Waals surface area (Å²) >= 11 is 5.14. The highest BCUT2D eigenvalue weighted by molar-refractivity contribution is 9.10. The zero-order valence-electron chi connectivity index (χ0n) is 16.9. The summed E-state index contributed by atoms with van der Waals surface area (Å²) in [4.78, 5) is 29.0. The van der Waals surface area contributed by atoms with Crippen LogP contribution in [0, 0.1) is 0 Å². The number of fused-ring (bicyclic) bond motifs is 3. The van der Waals surface area contributed by atoms with Crippen LogP contribution >= 0.6 is 27.3 Å². The Morgan fingerprint density at radius 2 is 2.07 bits per heavy atom. The Balaban J connectivity index is 1.55. The average Bonchev–Trinajstić information content (AvgIpc) is 3.44. The van der Waals surface area contributed by atoms with E-state index in [0.29, 0.717) is 18.8 Å². The third kappa shape index (κ3) is 3.28. The number of carbonyl (C=O) groups excluding carboxylic acids is 2. The highest BCUT2D eigenvalue weighted by Gasteiger charge is 2.48. The van der Waals surface area contributed by atoms with E-state index in [-0.39, 0.29) is 17.9 Å². The zero-order chi connectivity index (χ0) is 20.9. The first-order valence-corrected chi connectivity index (χ1v) is 12.1. The summed E-state index contributed by atoms with van der Waals surface area (Å²) in [6, 6.07) is 12.1. The van der Waals surface area contributed by atoms with Crippen molar-refractivity contribution in [3.8, 4) is 0 Å². The summed E-state index contributed by atoms with van der Waals surface area (Å²) < 4.78 is 4.08. The Morgan fingerprint density at radius 1 is 1.27 bits per heavy atom. The number of hydrogen-bond acceptors (Lipinski definition) is 3. The van der Waals surface area contributed by atoms with Crippen LogP contribution in [-0.2, 0) is 17.9 Å². The topological polar surface area (TPSA) is 54.3 Å². The van der Waals surface area contributed by atoms with Gasteiger partial charge in [-0.15, -0.1) is 11.3 Å². The zero-order valence-corrected chi connectivity index (χ0v) is 19.3. The molecular weight excluding hydrogens is 462 g/mol. The minimum absolute atomic E-state index is 0.0551. The van der Waals surface area contributed by atoms with Crippen LogP contribution in [0.5, 0.6) is 0 Å². The highest BCUT2D eigenvalue weighted by Crippen LogP contribution is 2.35. The van der Waals surface area contributed by atoms with E-state index in [1.54, 1.807) is 16.2 Å². The van der Waals surface area contributed by atoms with Crippen LogP contribution in [0.15, 0.2) is 46.3 Å². The third-order valence-corrected chi connectivity index (χ3v) is 7.80. The first-order chi connectivity index (χ1) is 14.5. The molecule has 156 valence electrons. The Bertz CT molecular complexity index is 1130. The van der Waals surface area contributed by atoms with Crippen molar-refractivity contribution in [1.82, 2.24) is 14.8 Å². The number of rotatable bonds is 4. The van der Waals surface area contributed by atoms with Gasteiger partial charge in [-0.2, -0.15) is 0 Å². The number of halogens is 1. The van der Waals surface area contributed by atoms with Crippen LogP contribution in [0.2, 0.25) is 0 Å². The van der Waals surface area contributed by atoms with Gasteiger partial charge in [-0.05, 0) is 55.0 Å². The van der Waals surface area contributed by atoms with E-state index in [0.717, 1.165) is 45.9 Å². The third-order valence-electron chi connectivity index (χ3n) is 6.46. The molecule has 7 heteroatoms. The number of benzene rings is 1. The Labute approximate surface area is 188 Å². The molecule has 30 heavy (non-hydrogen) atoms. The molecule has 0 bridgehead atoms. The van der Waals surface area contributed by atoms with Crippen LogP contribution in [-0.4, -0.2) is 32.9 Å². The summed E-state index contributed by atoms with van der Waals surface area (Å²) in [6.45, 7) is 2.76. The molecule has 1 aliphatic carbocycles. The fraction of sp³-hybridized carbons (Fsp3) is 0.391. The highest BCUT2D eigenvalue weighted by atomic mass is 79.9. The fourth-order valence-corrected chi connectivity index (χ4v) is 6.02. The molecule has 1 aromatic carbocycles. The van der Waals surface area contributed by atoms with Crippen molar-refractivity contribution in [1.29, 1.82) is 0 Å². The molecule has 1 fully saturated rings. The number of nitrogens with zero attached hydrogens (tertiary/aromatic N) is 2. The smallest absolute Gasteiger partial charge is 0.271 e. The van der Waals surface area contributed by atoms with Gasteiger partial charge in [-0.25, -0.2) is 0 Å². The molecule has 2 aliphatic rings. The SMILES string of the molecule is C[C@@]1(C(=O)NC2CCCC2)Cn2c(cc3sccc32)C(=O)N1Cc1cccc(Br)c1. The van der Waals surface area contributed by atoms with Crippen molar-refractivity contribution in [2.45, 2.75) is 57.3 Å². The number of aromatic nitrogens is 1. The molecule has 2 amide bonds. The van der Waals surface area contributed by atoms with E-state index in [1.165, 1.54) is 0 Å². The van der Waals surface area contributed by atoms with Crippen LogP contribution in [0.1, 0.15) is 48.7 Å². The predicted molar refractivity (Wildman–Crippen MR) is 123 cm³/mol. The first-order valence-electron chi connectivity index (χ1n) is 10.4. The van der Waals surface area contributed by atoms with Gasteiger partial charge in [-0.3, -0.25) is 9.59 Å². The summed E-state index contributed by atoms with van der Waals surface area (Å²) in [7, 11) is 0. The van der Waals surface area contributed by atoms with Crippen molar-refractivity contribution in [3.05, 3.63) is 57.5 Å². The minimum atomic E-state index is -0.955. The van der Waals surface area contributed by atoms with Crippen molar-refractivity contribution < 1.29 is 9.59 Å². The lowest BCUT2D eigenvalue weighted by Gasteiger charge is -2.44. The molecule has 1 aliphatic heterocycles. The van der Waals surface area contributed by atoms with E-state index in [4.69, 9.17) is 0 Å². The number of nitrogens with one attached hydrogen (secondary N) is 1. The van der Waals surface area contributed by atoms with Gasteiger partial charge in [0.05, 0.1) is 16.8 Å². The van der Waals surface area contributed by atoms with E-state index in [1.807, 2.05) is 53.3 Å². The van der Waals surface area contributed by atoms with Crippen molar-refractivity contribution in [3.63, 3.8) is 0 Å². The number of amides is 2. The standard InChI is InChI=1S/C23H24BrN3O2S/c1-23(22(29)25-17-7-2-3-8-17)14-26-18-9-10-30-20(18)12-19(26)21(28)27(23)13-15-5-4-6-16(24)11-15/h4-6,9-12,17H,2-3,7-8,13-14H2,1H3,(H,25,29)/t23-/m0/s1. The molecule has 0 saturated heterocycles. The molecule has 0 unspecified atom stereocenters. The van der Waals surface area contributed by atoms with Gasteiger partial charge in [-0.1, -0.05) is 40.9 Å². The second-order valence-corrected chi connectivity index (χ2v) is 10.4. The molecule has 0 spiro atoms. The van der Waals surface area contributed by atoms with Gasteiger partial charge in [0, 0.05) is 17.1 Å².